The fourth-order valence-corrected chi connectivity index (χ4v) is 4.97. The second-order valence-corrected chi connectivity index (χ2v) is 8.80. The zero-order valence-electron chi connectivity index (χ0n) is 18.3. The van der Waals surface area contributed by atoms with Crippen molar-refractivity contribution >= 4 is 21.8 Å². The van der Waals surface area contributed by atoms with Crippen molar-refractivity contribution in [1.29, 1.82) is 5.26 Å². The summed E-state index contributed by atoms with van der Waals surface area (Å²) in [6.07, 6.45) is 8.47. The molecule has 33 heavy (non-hydrogen) atoms. The lowest BCUT2D eigenvalue weighted by Gasteiger charge is -2.23. The molecule has 0 unspecified atom stereocenters. The highest BCUT2D eigenvalue weighted by Crippen LogP contribution is 2.38. The topological polar surface area (TPSA) is 82.3 Å². The fourth-order valence-electron chi connectivity index (χ4n) is 4.97. The SMILES string of the molecule is N#Cc1ccc(-c2c(-c3ccc4[nH]ncc4c3)ncc3c2ccn3CC2CCNCC2)cc1. The van der Waals surface area contributed by atoms with Crippen molar-refractivity contribution in [1.82, 2.24) is 25.1 Å². The molecule has 6 rings (SSSR count). The molecule has 162 valence electrons. The van der Waals surface area contributed by atoms with E-state index in [9.17, 15) is 5.26 Å². The lowest BCUT2D eigenvalue weighted by atomic mass is 9.95. The summed E-state index contributed by atoms with van der Waals surface area (Å²) in [6, 6.07) is 18.5. The Morgan fingerprint density at radius 1 is 1.00 bits per heavy atom. The van der Waals surface area contributed by atoms with E-state index in [1.54, 1.807) is 0 Å². The van der Waals surface area contributed by atoms with Gasteiger partial charge in [0.15, 0.2) is 0 Å². The Kier molecular flexibility index (Phi) is 4.89. The number of fused-ring (bicyclic) bond motifs is 2. The zero-order valence-corrected chi connectivity index (χ0v) is 18.3. The number of hydrogen-bond acceptors (Lipinski definition) is 4. The Labute approximate surface area is 191 Å². The second-order valence-electron chi connectivity index (χ2n) is 8.80. The van der Waals surface area contributed by atoms with Crippen LogP contribution >= 0.6 is 0 Å². The van der Waals surface area contributed by atoms with Crippen molar-refractivity contribution in [2.45, 2.75) is 19.4 Å². The molecule has 5 aromatic rings. The number of piperidine rings is 1. The summed E-state index contributed by atoms with van der Waals surface area (Å²) < 4.78 is 2.36. The monoisotopic (exact) mass is 432 g/mol. The van der Waals surface area contributed by atoms with Crippen LogP contribution in [0, 0.1) is 17.2 Å². The number of nitriles is 1. The first kappa shape index (κ1) is 19.7. The summed E-state index contributed by atoms with van der Waals surface area (Å²) in [5.74, 6) is 0.684. The minimum absolute atomic E-state index is 0.656. The Hall–Kier alpha value is -3.95. The number of benzene rings is 2. The van der Waals surface area contributed by atoms with Crippen LogP contribution in [0.15, 0.2) is 67.1 Å². The molecule has 0 amide bonds. The quantitative estimate of drug-likeness (QED) is 0.413. The van der Waals surface area contributed by atoms with Crippen LogP contribution in [-0.4, -0.2) is 32.8 Å². The summed E-state index contributed by atoms with van der Waals surface area (Å²) in [6.45, 7) is 3.21. The molecule has 0 saturated carbocycles. The smallest absolute Gasteiger partial charge is 0.0991 e. The van der Waals surface area contributed by atoms with Crippen LogP contribution in [-0.2, 0) is 6.54 Å². The van der Waals surface area contributed by atoms with Crippen molar-refractivity contribution in [3.05, 3.63) is 72.7 Å². The van der Waals surface area contributed by atoms with E-state index < -0.39 is 0 Å². The van der Waals surface area contributed by atoms with Crippen molar-refractivity contribution in [2.75, 3.05) is 13.1 Å². The summed E-state index contributed by atoms with van der Waals surface area (Å²) in [5, 5.41) is 22.1. The van der Waals surface area contributed by atoms with Crippen LogP contribution in [0.1, 0.15) is 18.4 Å². The molecule has 0 atom stereocenters. The third-order valence-corrected chi connectivity index (χ3v) is 6.76. The van der Waals surface area contributed by atoms with Crippen LogP contribution in [0.2, 0.25) is 0 Å². The predicted molar refractivity (Wildman–Crippen MR) is 131 cm³/mol. The largest absolute Gasteiger partial charge is 0.346 e. The van der Waals surface area contributed by atoms with E-state index in [0.29, 0.717) is 11.5 Å². The molecule has 0 aliphatic carbocycles. The van der Waals surface area contributed by atoms with Crippen molar-refractivity contribution in [2.24, 2.45) is 5.92 Å². The number of nitrogens with zero attached hydrogens (tertiary/aromatic N) is 4. The van der Waals surface area contributed by atoms with Crippen molar-refractivity contribution in [3.63, 3.8) is 0 Å². The van der Waals surface area contributed by atoms with Gasteiger partial charge in [-0.1, -0.05) is 18.2 Å². The van der Waals surface area contributed by atoms with Crippen LogP contribution in [0.25, 0.3) is 44.2 Å². The van der Waals surface area contributed by atoms with Gasteiger partial charge in [-0.3, -0.25) is 10.1 Å². The van der Waals surface area contributed by atoms with Crippen LogP contribution in [0.4, 0.5) is 0 Å². The number of rotatable bonds is 4. The van der Waals surface area contributed by atoms with E-state index in [0.717, 1.165) is 58.4 Å². The van der Waals surface area contributed by atoms with E-state index in [4.69, 9.17) is 4.98 Å². The van der Waals surface area contributed by atoms with E-state index in [-0.39, 0.29) is 0 Å². The fraction of sp³-hybridized carbons (Fsp3) is 0.222. The molecule has 2 N–H and O–H groups in total. The van der Waals surface area contributed by atoms with Gasteiger partial charge in [0, 0.05) is 34.6 Å². The first-order valence-electron chi connectivity index (χ1n) is 11.4. The summed E-state index contributed by atoms with van der Waals surface area (Å²) in [4.78, 5) is 4.98. The Morgan fingerprint density at radius 3 is 2.64 bits per heavy atom. The number of aromatic amines is 1. The third-order valence-electron chi connectivity index (χ3n) is 6.76. The molecular weight excluding hydrogens is 408 g/mol. The lowest BCUT2D eigenvalue weighted by Crippen LogP contribution is -2.29. The Bertz CT molecular complexity index is 1480. The maximum atomic E-state index is 9.26. The number of pyridine rings is 1. The minimum Gasteiger partial charge on any atom is -0.346 e. The van der Waals surface area contributed by atoms with Gasteiger partial charge in [0.25, 0.3) is 0 Å². The molecule has 6 nitrogen and oxygen atoms in total. The second kappa shape index (κ2) is 8.19. The molecule has 0 bridgehead atoms. The molecule has 1 saturated heterocycles. The lowest BCUT2D eigenvalue weighted by molar-refractivity contribution is 0.337. The van der Waals surface area contributed by atoms with Gasteiger partial charge in [-0.05, 0) is 67.7 Å². The van der Waals surface area contributed by atoms with Gasteiger partial charge in [-0.25, -0.2) is 0 Å². The van der Waals surface area contributed by atoms with E-state index >= 15 is 0 Å². The normalized spacial score (nSPS) is 14.6. The average molecular weight is 433 g/mol. The van der Waals surface area contributed by atoms with Gasteiger partial charge in [-0.2, -0.15) is 10.4 Å². The van der Waals surface area contributed by atoms with Crippen molar-refractivity contribution < 1.29 is 0 Å². The number of nitrogens with one attached hydrogen (secondary N) is 2. The summed E-state index contributed by atoms with van der Waals surface area (Å²) in [5.41, 5.74) is 6.97. The molecule has 2 aromatic carbocycles. The number of hydrogen-bond donors (Lipinski definition) is 2. The molecule has 6 heteroatoms. The maximum absolute atomic E-state index is 9.26. The molecule has 3 aromatic heterocycles. The van der Waals surface area contributed by atoms with E-state index in [2.05, 4.69) is 50.5 Å². The van der Waals surface area contributed by atoms with Crippen LogP contribution in [0.3, 0.4) is 0 Å². The molecular formula is C27H24N6. The highest BCUT2D eigenvalue weighted by Gasteiger charge is 2.19. The van der Waals surface area contributed by atoms with E-state index in [1.807, 2.05) is 42.7 Å². The Balaban J connectivity index is 1.52. The third kappa shape index (κ3) is 3.57. The number of H-pyrrole nitrogens is 1. The molecule has 1 aliphatic rings. The van der Waals surface area contributed by atoms with Gasteiger partial charge in [0.1, 0.15) is 0 Å². The summed E-state index contributed by atoms with van der Waals surface area (Å²) in [7, 11) is 0. The van der Waals surface area contributed by atoms with Gasteiger partial charge in [0.05, 0.1) is 40.8 Å². The molecule has 4 heterocycles. The molecule has 1 aliphatic heterocycles. The van der Waals surface area contributed by atoms with Gasteiger partial charge in [0.2, 0.25) is 0 Å². The minimum atomic E-state index is 0.656. The van der Waals surface area contributed by atoms with E-state index in [1.165, 1.54) is 18.2 Å². The van der Waals surface area contributed by atoms with Crippen LogP contribution in [0.5, 0.6) is 0 Å². The molecule has 0 spiro atoms. The molecule has 0 radical (unpaired) electrons. The first-order chi connectivity index (χ1) is 16.3. The highest BCUT2D eigenvalue weighted by molar-refractivity contribution is 6.02. The van der Waals surface area contributed by atoms with Crippen LogP contribution < -0.4 is 5.32 Å². The maximum Gasteiger partial charge on any atom is 0.0991 e. The van der Waals surface area contributed by atoms with Gasteiger partial charge >= 0.3 is 0 Å². The first-order valence-corrected chi connectivity index (χ1v) is 11.4. The van der Waals surface area contributed by atoms with Gasteiger partial charge < -0.3 is 9.88 Å². The molecule has 1 fully saturated rings. The highest BCUT2D eigenvalue weighted by atomic mass is 15.1. The average Bonchev–Trinajstić information content (AvgIpc) is 3.51. The standard InChI is InChI=1S/C27H24N6/c28-14-18-1-3-20(4-2-18)26-23-9-12-33(17-19-7-10-29-11-8-19)25(23)16-30-27(26)21-5-6-24-22(13-21)15-31-32-24/h1-6,9,12-13,15-16,19,29H,7-8,10-11,17H2,(H,31,32). The summed E-state index contributed by atoms with van der Waals surface area (Å²) >= 11 is 0. The number of aromatic nitrogens is 4. The Morgan fingerprint density at radius 2 is 1.82 bits per heavy atom. The zero-order chi connectivity index (χ0) is 22.2. The predicted octanol–water partition coefficient (Wildman–Crippen LogP) is 5.12. The van der Waals surface area contributed by atoms with Gasteiger partial charge in [-0.15, -0.1) is 0 Å². The van der Waals surface area contributed by atoms with Crippen molar-refractivity contribution in [3.8, 4) is 28.5 Å².